The number of benzene rings is 2. The maximum Gasteiger partial charge on any atom is 0.255 e. The van der Waals surface area contributed by atoms with Crippen molar-refractivity contribution in [1.29, 1.82) is 0 Å². The molecule has 0 aliphatic carbocycles. The van der Waals surface area contributed by atoms with Crippen molar-refractivity contribution in [3.05, 3.63) is 83.6 Å². The average Bonchev–Trinajstić information content (AvgIpc) is 2.60. The smallest absolute Gasteiger partial charge is 0.255 e. The number of aryl methyl sites for hydroxylation is 1. The lowest BCUT2D eigenvalue weighted by Crippen LogP contribution is -2.13. The summed E-state index contributed by atoms with van der Waals surface area (Å²) in [4.78, 5) is 16.3. The average molecular weight is 339 g/mol. The molecule has 2 N–H and O–H groups in total. The molecule has 2 aromatic carbocycles. The summed E-state index contributed by atoms with van der Waals surface area (Å²) in [6.45, 7) is 1.85. The second-order valence-corrected chi connectivity index (χ2v) is 5.42. The van der Waals surface area contributed by atoms with Crippen LogP contribution in [0.2, 0.25) is 0 Å². The maximum atomic E-state index is 13.6. The zero-order valence-electron chi connectivity index (χ0n) is 13.4. The molecule has 3 aromatic rings. The Kier molecular flexibility index (Phi) is 4.70. The first-order valence-electron chi connectivity index (χ1n) is 7.58. The second kappa shape index (κ2) is 7.09. The van der Waals surface area contributed by atoms with E-state index in [4.69, 9.17) is 0 Å². The van der Waals surface area contributed by atoms with E-state index in [1.165, 1.54) is 18.3 Å². The molecule has 0 atom stereocenters. The highest BCUT2D eigenvalue weighted by molar-refractivity contribution is 6.05. The van der Waals surface area contributed by atoms with E-state index in [1.807, 2.05) is 19.1 Å². The predicted molar refractivity (Wildman–Crippen MR) is 93.0 cm³/mol. The minimum Gasteiger partial charge on any atom is -0.335 e. The molecule has 0 aliphatic heterocycles. The van der Waals surface area contributed by atoms with Gasteiger partial charge in [-0.3, -0.25) is 4.79 Å². The molecule has 1 amide bonds. The van der Waals surface area contributed by atoms with Crippen molar-refractivity contribution < 1.29 is 13.6 Å². The van der Waals surface area contributed by atoms with E-state index in [0.29, 0.717) is 11.3 Å². The number of halogens is 2. The Bertz CT molecular complexity index is 891. The van der Waals surface area contributed by atoms with E-state index in [-0.39, 0.29) is 17.4 Å². The van der Waals surface area contributed by atoms with Crippen LogP contribution in [0.5, 0.6) is 0 Å². The zero-order chi connectivity index (χ0) is 17.8. The van der Waals surface area contributed by atoms with Crippen LogP contribution in [-0.2, 0) is 0 Å². The van der Waals surface area contributed by atoms with Gasteiger partial charge in [0.1, 0.15) is 23.1 Å². The highest BCUT2D eigenvalue weighted by Gasteiger charge is 2.11. The van der Waals surface area contributed by atoms with Gasteiger partial charge in [0, 0.05) is 5.56 Å². The molecule has 0 spiro atoms. The van der Waals surface area contributed by atoms with E-state index >= 15 is 0 Å². The SMILES string of the molecule is Cc1ccccc1C(=O)Nc1ccc(Nc2c(F)cccc2F)nc1. The van der Waals surface area contributed by atoms with Gasteiger partial charge < -0.3 is 10.6 Å². The normalized spacial score (nSPS) is 10.4. The van der Waals surface area contributed by atoms with Crippen LogP contribution in [0, 0.1) is 18.6 Å². The number of para-hydroxylation sites is 1. The summed E-state index contributed by atoms with van der Waals surface area (Å²) in [5.74, 6) is -1.41. The summed E-state index contributed by atoms with van der Waals surface area (Å²) in [5, 5.41) is 5.32. The number of nitrogens with zero attached hydrogens (tertiary/aromatic N) is 1. The topological polar surface area (TPSA) is 54.0 Å². The van der Waals surface area contributed by atoms with E-state index in [9.17, 15) is 13.6 Å². The summed E-state index contributed by atoms with van der Waals surface area (Å²) >= 11 is 0. The van der Waals surface area contributed by atoms with Crippen LogP contribution in [0.25, 0.3) is 0 Å². The Hall–Kier alpha value is -3.28. The lowest BCUT2D eigenvalue weighted by atomic mass is 10.1. The highest BCUT2D eigenvalue weighted by atomic mass is 19.1. The minimum atomic E-state index is -0.710. The van der Waals surface area contributed by atoms with Gasteiger partial charge in [-0.05, 0) is 42.8 Å². The first-order chi connectivity index (χ1) is 12.0. The van der Waals surface area contributed by atoms with Gasteiger partial charge in [-0.25, -0.2) is 13.8 Å². The first kappa shape index (κ1) is 16.6. The fourth-order valence-corrected chi connectivity index (χ4v) is 2.31. The van der Waals surface area contributed by atoms with Gasteiger partial charge in [0.25, 0.3) is 5.91 Å². The summed E-state index contributed by atoms with van der Waals surface area (Å²) in [6.07, 6.45) is 1.41. The molecule has 0 fully saturated rings. The van der Waals surface area contributed by atoms with E-state index in [1.54, 1.807) is 18.2 Å². The van der Waals surface area contributed by atoms with Crippen molar-refractivity contribution in [2.45, 2.75) is 6.92 Å². The number of hydrogen-bond donors (Lipinski definition) is 2. The van der Waals surface area contributed by atoms with Gasteiger partial charge in [-0.2, -0.15) is 0 Å². The fourth-order valence-electron chi connectivity index (χ4n) is 2.31. The van der Waals surface area contributed by atoms with E-state index < -0.39 is 11.6 Å². The van der Waals surface area contributed by atoms with Crippen LogP contribution in [0.1, 0.15) is 15.9 Å². The Morgan fingerprint density at radius 3 is 2.32 bits per heavy atom. The number of rotatable bonds is 4. The molecule has 0 bridgehead atoms. The van der Waals surface area contributed by atoms with Crippen LogP contribution < -0.4 is 10.6 Å². The maximum absolute atomic E-state index is 13.6. The number of pyridine rings is 1. The van der Waals surface area contributed by atoms with Crippen LogP contribution in [0.3, 0.4) is 0 Å². The number of amides is 1. The third-order valence-electron chi connectivity index (χ3n) is 3.63. The van der Waals surface area contributed by atoms with Gasteiger partial charge in [0.05, 0.1) is 11.9 Å². The van der Waals surface area contributed by atoms with Crippen molar-refractivity contribution in [3.8, 4) is 0 Å². The second-order valence-electron chi connectivity index (χ2n) is 5.42. The zero-order valence-corrected chi connectivity index (χ0v) is 13.4. The van der Waals surface area contributed by atoms with Crippen molar-refractivity contribution in [1.82, 2.24) is 4.98 Å². The third kappa shape index (κ3) is 3.80. The number of hydrogen-bond acceptors (Lipinski definition) is 3. The van der Waals surface area contributed by atoms with Crippen LogP contribution in [0.15, 0.2) is 60.8 Å². The Balaban J connectivity index is 1.72. The number of anilines is 3. The standard InChI is InChI=1S/C19H15F2N3O/c1-12-5-2-3-6-14(12)19(25)23-13-9-10-17(22-11-13)24-18-15(20)7-4-8-16(18)21/h2-11H,1H3,(H,22,24)(H,23,25). The molecule has 0 unspecified atom stereocenters. The fraction of sp³-hybridized carbons (Fsp3) is 0.0526. The molecule has 0 aliphatic rings. The van der Waals surface area contributed by atoms with Crippen LogP contribution in [0.4, 0.5) is 26.0 Å². The Morgan fingerprint density at radius 1 is 0.960 bits per heavy atom. The number of aromatic nitrogens is 1. The minimum absolute atomic E-state index is 0.249. The van der Waals surface area contributed by atoms with Crippen molar-refractivity contribution in [2.75, 3.05) is 10.6 Å². The number of carbonyl (C=O) groups is 1. The van der Waals surface area contributed by atoms with Gasteiger partial charge in [0.15, 0.2) is 0 Å². The van der Waals surface area contributed by atoms with Crippen molar-refractivity contribution in [2.24, 2.45) is 0 Å². The van der Waals surface area contributed by atoms with Gasteiger partial charge in [0.2, 0.25) is 0 Å². The first-order valence-corrected chi connectivity index (χ1v) is 7.58. The lowest BCUT2D eigenvalue weighted by Gasteiger charge is -2.10. The molecule has 0 saturated carbocycles. The molecule has 3 rings (SSSR count). The molecule has 1 aromatic heterocycles. The Morgan fingerprint density at radius 2 is 1.68 bits per heavy atom. The molecule has 25 heavy (non-hydrogen) atoms. The van der Waals surface area contributed by atoms with Crippen LogP contribution >= 0.6 is 0 Å². The molecule has 126 valence electrons. The largest absolute Gasteiger partial charge is 0.335 e. The van der Waals surface area contributed by atoms with Gasteiger partial charge >= 0.3 is 0 Å². The monoisotopic (exact) mass is 339 g/mol. The van der Waals surface area contributed by atoms with Gasteiger partial charge in [-0.1, -0.05) is 24.3 Å². The lowest BCUT2D eigenvalue weighted by molar-refractivity contribution is 0.102. The summed E-state index contributed by atoms with van der Waals surface area (Å²) in [6, 6.07) is 14.0. The van der Waals surface area contributed by atoms with E-state index in [2.05, 4.69) is 15.6 Å². The molecular weight excluding hydrogens is 324 g/mol. The molecule has 0 saturated heterocycles. The molecule has 4 nitrogen and oxygen atoms in total. The predicted octanol–water partition coefficient (Wildman–Crippen LogP) is 4.66. The van der Waals surface area contributed by atoms with Gasteiger partial charge in [-0.15, -0.1) is 0 Å². The number of carbonyl (C=O) groups excluding carboxylic acids is 1. The Labute approximate surface area is 143 Å². The highest BCUT2D eigenvalue weighted by Crippen LogP contribution is 2.22. The summed E-state index contributed by atoms with van der Waals surface area (Å²) < 4.78 is 27.3. The van der Waals surface area contributed by atoms with Crippen LogP contribution in [-0.4, -0.2) is 10.9 Å². The molecule has 6 heteroatoms. The summed E-state index contributed by atoms with van der Waals surface area (Å²) in [7, 11) is 0. The molecular formula is C19H15F2N3O. The molecule has 1 heterocycles. The van der Waals surface area contributed by atoms with Crippen molar-refractivity contribution in [3.63, 3.8) is 0 Å². The number of nitrogens with one attached hydrogen (secondary N) is 2. The quantitative estimate of drug-likeness (QED) is 0.727. The van der Waals surface area contributed by atoms with E-state index in [0.717, 1.165) is 17.7 Å². The summed E-state index contributed by atoms with van der Waals surface area (Å²) in [5.41, 5.74) is 1.64. The van der Waals surface area contributed by atoms with Crippen molar-refractivity contribution >= 4 is 23.1 Å². The molecule has 0 radical (unpaired) electrons. The third-order valence-corrected chi connectivity index (χ3v) is 3.63.